The molecule has 1 aromatic heterocycles. The summed E-state index contributed by atoms with van der Waals surface area (Å²) in [7, 11) is 0. The topological polar surface area (TPSA) is 51.5 Å². The van der Waals surface area contributed by atoms with E-state index in [-0.39, 0.29) is 0 Å². The predicted octanol–water partition coefficient (Wildman–Crippen LogP) is 1.91. The molecule has 0 unspecified atom stereocenters. The first-order valence-corrected chi connectivity index (χ1v) is 5.18. The van der Waals surface area contributed by atoms with Gasteiger partial charge in [0.05, 0.1) is 24.8 Å². The molecule has 0 spiro atoms. The number of hydrogen-bond donors (Lipinski definition) is 1. The van der Waals surface area contributed by atoms with Crippen molar-refractivity contribution in [3.8, 4) is 0 Å². The van der Waals surface area contributed by atoms with Crippen LogP contribution in [0, 0.1) is 0 Å². The summed E-state index contributed by atoms with van der Waals surface area (Å²) >= 11 is 0. The van der Waals surface area contributed by atoms with E-state index in [1.807, 2.05) is 18.3 Å². The molecule has 82 valence electrons. The van der Waals surface area contributed by atoms with Gasteiger partial charge in [-0.25, -0.2) is 4.79 Å². The Bertz CT molecular complexity index is 554. The van der Waals surface area contributed by atoms with Crippen LogP contribution in [0.3, 0.4) is 0 Å². The largest absolute Gasteiger partial charge is 0.478 e. The standard InChI is InChI=1S/C12H11NO3/c14-12(15)10-2-1-3-11-9(10)4-5-13(11)8-6-16-7-8/h1-5,8H,6-7H2,(H,14,15). The van der Waals surface area contributed by atoms with Gasteiger partial charge in [0.25, 0.3) is 0 Å². The Balaban J connectivity index is 2.19. The zero-order valence-electron chi connectivity index (χ0n) is 8.59. The molecule has 1 aromatic carbocycles. The highest BCUT2D eigenvalue weighted by atomic mass is 16.5. The number of aromatic nitrogens is 1. The van der Waals surface area contributed by atoms with Gasteiger partial charge in [0.1, 0.15) is 0 Å². The van der Waals surface area contributed by atoms with E-state index in [1.54, 1.807) is 12.1 Å². The number of fused-ring (bicyclic) bond motifs is 1. The normalized spacial score (nSPS) is 16.2. The number of ether oxygens (including phenoxy) is 1. The van der Waals surface area contributed by atoms with Crippen LogP contribution in [-0.2, 0) is 4.74 Å². The third-order valence-corrected chi connectivity index (χ3v) is 3.01. The first-order valence-electron chi connectivity index (χ1n) is 5.18. The molecule has 0 saturated carbocycles. The molecule has 2 aromatic rings. The quantitative estimate of drug-likeness (QED) is 0.836. The predicted molar refractivity (Wildman–Crippen MR) is 58.8 cm³/mol. The van der Waals surface area contributed by atoms with Crippen LogP contribution >= 0.6 is 0 Å². The van der Waals surface area contributed by atoms with Crippen LogP contribution in [0.15, 0.2) is 30.5 Å². The Labute approximate surface area is 92.1 Å². The lowest BCUT2D eigenvalue weighted by molar-refractivity contribution is -0.0213. The molecule has 16 heavy (non-hydrogen) atoms. The van der Waals surface area contributed by atoms with Crippen molar-refractivity contribution in [1.29, 1.82) is 0 Å². The number of hydrogen-bond acceptors (Lipinski definition) is 2. The third-order valence-electron chi connectivity index (χ3n) is 3.01. The van der Waals surface area contributed by atoms with E-state index in [4.69, 9.17) is 9.84 Å². The molecule has 0 aliphatic carbocycles. The van der Waals surface area contributed by atoms with Gasteiger partial charge in [0.2, 0.25) is 0 Å². The van der Waals surface area contributed by atoms with Crippen molar-refractivity contribution in [3.63, 3.8) is 0 Å². The molecule has 4 nitrogen and oxygen atoms in total. The first-order chi connectivity index (χ1) is 7.77. The molecule has 1 fully saturated rings. The second-order valence-electron chi connectivity index (χ2n) is 3.96. The van der Waals surface area contributed by atoms with E-state index in [9.17, 15) is 4.79 Å². The Morgan fingerprint density at radius 1 is 1.38 bits per heavy atom. The van der Waals surface area contributed by atoms with E-state index in [0.717, 1.165) is 10.9 Å². The summed E-state index contributed by atoms with van der Waals surface area (Å²) in [4.78, 5) is 11.0. The fourth-order valence-electron chi connectivity index (χ4n) is 2.08. The van der Waals surface area contributed by atoms with E-state index in [2.05, 4.69) is 4.57 Å². The molecule has 0 amide bonds. The maximum atomic E-state index is 11.0. The highest BCUT2D eigenvalue weighted by molar-refractivity contribution is 6.03. The molecular weight excluding hydrogens is 206 g/mol. The molecule has 1 saturated heterocycles. The Morgan fingerprint density at radius 3 is 2.81 bits per heavy atom. The van der Waals surface area contributed by atoms with Crippen molar-refractivity contribution in [3.05, 3.63) is 36.0 Å². The van der Waals surface area contributed by atoms with Crippen molar-refractivity contribution >= 4 is 16.9 Å². The van der Waals surface area contributed by atoms with E-state index >= 15 is 0 Å². The van der Waals surface area contributed by atoms with Gasteiger partial charge in [-0.1, -0.05) is 6.07 Å². The highest BCUT2D eigenvalue weighted by Gasteiger charge is 2.22. The average molecular weight is 217 g/mol. The summed E-state index contributed by atoms with van der Waals surface area (Å²) in [6, 6.07) is 7.56. The number of carboxylic acid groups (broad SMARTS) is 1. The summed E-state index contributed by atoms with van der Waals surface area (Å²) in [5.41, 5.74) is 1.32. The number of nitrogens with zero attached hydrogens (tertiary/aromatic N) is 1. The number of carboxylic acids is 1. The Morgan fingerprint density at radius 2 is 2.19 bits per heavy atom. The van der Waals surface area contributed by atoms with Gasteiger partial charge in [-0.05, 0) is 18.2 Å². The van der Waals surface area contributed by atoms with E-state index in [1.165, 1.54) is 0 Å². The van der Waals surface area contributed by atoms with Crippen LogP contribution in [0.1, 0.15) is 16.4 Å². The SMILES string of the molecule is O=C(O)c1cccc2c1ccn2C1COC1. The van der Waals surface area contributed by atoms with Crippen LogP contribution in [0.4, 0.5) is 0 Å². The minimum absolute atomic E-state index is 0.349. The van der Waals surface area contributed by atoms with Crippen molar-refractivity contribution in [2.45, 2.75) is 6.04 Å². The van der Waals surface area contributed by atoms with Gasteiger partial charge >= 0.3 is 5.97 Å². The average Bonchev–Trinajstić information content (AvgIpc) is 2.59. The van der Waals surface area contributed by atoms with Crippen molar-refractivity contribution in [2.24, 2.45) is 0 Å². The highest BCUT2D eigenvalue weighted by Crippen LogP contribution is 2.26. The van der Waals surface area contributed by atoms with Gasteiger partial charge in [-0.15, -0.1) is 0 Å². The summed E-state index contributed by atoms with van der Waals surface area (Å²) in [6.45, 7) is 1.42. The molecular formula is C12H11NO3. The van der Waals surface area contributed by atoms with Gasteiger partial charge in [-0.3, -0.25) is 0 Å². The number of aromatic carboxylic acids is 1. The minimum atomic E-state index is -0.881. The molecule has 1 aliphatic rings. The van der Waals surface area contributed by atoms with E-state index in [0.29, 0.717) is 24.8 Å². The summed E-state index contributed by atoms with van der Waals surface area (Å²) < 4.78 is 7.24. The van der Waals surface area contributed by atoms with Crippen molar-refractivity contribution < 1.29 is 14.6 Å². The van der Waals surface area contributed by atoms with E-state index < -0.39 is 5.97 Å². The van der Waals surface area contributed by atoms with Crippen molar-refractivity contribution in [1.82, 2.24) is 4.57 Å². The second-order valence-corrected chi connectivity index (χ2v) is 3.96. The third kappa shape index (κ3) is 1.23. The van der Waals surface area contributed by atoms with Crippen LogP contribution in [-0.4, -0.2) is 28.9 Å². The first kappa shape index (κ1) is 9.42. The van der Waals surface area contributed by atoms with Crippen LogP contribution in [0.25, 0.3) is 10.9 Å². The van der Waals surface area contributed by atoms with Crippen LogP contribution in [0.5, 0.6) is 0 Å². The number of benzene rings is 1. The molecule has 0 radical (unpaired) electrons. The monoisotopic (exact) mass is 217 g/mol. The zero-order chi connectivity index (χ0) is 11.1. The van der Waals surface area contributed by atoms with Crippen LogP contribution < -0.4 is 0 Å². The number of rotatable bonds is 2. The smallest absolute Gasteiger partial charge is 0.336 e. The summed E-state index contributed by atoms with van der Waals surface area (Å²) in [5.74, 6) is -0.881. The van der Waals surface area contributed by atoms with Gasteiger partial charge in [-0.2, -0.15) is 0 Å². The fraction of sp³-hybridized carbons (Fsp3) is 0.250. The maximum Gasteiger partial charge on any atom is 0.336 e. The summed E-state index contributed by atoms with van der Waals surface area (Å²) in [6.07, 6.45) is 1.93. The zero-order valence-corrected chi connectivity index (χ0v) is 8.59. The lowest BCUT2D eigenvalue weighted by Gasteiger charge is -2.28. The molecule has 3 rings (SSSR count). The van der Waals surface area contributed by atoms with Gasteiger partial charge < -0.3 is 14.4 Å². The molecule has 2 heterocycles. The minimum Gasteiger partial charge on any atom is -0.478 e. The fourth-order valence-corrected chi connectivity index (χ4v) is 2.08. The Hall–Kier alpha value is -1.81. The molecule has 1 N–H and O–H groups in total. The molecule has 4 heteroatoms. The van der Waals surface area contributed by atoms with Gasteiger partial charge in [0, 0.05) is 17.1 Å². The second kappa shape index (κ2) is 3.35. The summed E-state index contributed by atoms with van der Waals surface area (Å²) in [5, 5.41) is 9.86. The maximum absolute atomic E-state index is 11.0. The van der Waals surface area contributed by atoms with Crippen molar-refractivity contribution in [2.75, 3.05) is 13.2 Å². The molecule has 1 aliphatic heterocycles. The Kier molecular flexibility index (Phi) is 1.97. The number of carbonyl (C=O) groups is 1. The lowest BCUT2D eigenvalue weighted by Crippen LogP contribution is -2.29. The van der Waals surface area contributed by atoms with Crippen LogP contribution in [0.2, 0.25) is 0 Å². The molecule has 0 atom stereocenters. The van der Waals surface area contributed by atoms with Gasteiger partial charge in [0.15, 0.2) is 0 Å². The molecule has 0 bridgehead atoms. The lowest BCUT2D eigenvalue weighted by atomic mass is 10.1.